The van der Waals surface area contributed by atoms with Gasteiger partial charge in [-0.2, -0.15) is 0 Å². The molecular weight excluding hydrogens is 1160 g/mol. The van der Waals surface area contributed by atoms with Gasteiger partial charge in [-0.15, -0.1) is 11.8 Å². The molecule has 25 heteroatoms. The number of nitrogens with one attached hydrogen (secondary N) is 5. The molecule has 4 aromatic rings. The number of fused-ring (bicyclic) bond motifs is 2. The van der Waals surface area contributed by atoms with E-state index in [0.29, 0.717) is 11.0 Å². The summed E-state index contributed by atoms with van der Waals surface area (Å²) < 4.78 is 6.45. The Morgan fingerprint density at radius 2 is 1.20 bits per heavy atom. The zero-order chi connectivity index (χ0) is 64.3. The second-order valence-electron chi connectivity index (χ2n) is 24.1. The van der Waals surface area contributed by atoms with E-state index in [2.05, 4.69) is 57.8 Å². The first-order valence-electron chi connectivity index (χ1n) is 29.7. The predicted molar refractivity (Wildman–Crippen MR) is 325 cm³/mol. The lowest BCUT2D eigenvalue weighted by Crippen LogP contribution is -2.64. The molecule has 24 nitrogen and oxygen atoms in total. The first-order chi connectivity index (χ1) is 41.6. The van der Waals surface area contributed by atoms with Crippen LogP contribution in [0.15, 0.2) is 102 Å². The van der Waals surface area contributed by atoms with E-state index in [9.17, 15) is 74.4 Å². The number of carbonyl (C=O) groups excluding carboxylic acids is 7. The number of nitrogens with zero attached hydrogens (tertiary/aromatic N) is 3. The maximum absolute atomic E-state index is 14.8. The number of hydrogen-bond donors (Lipinski definition) is 13. The van der Waals surface area contributed by atoms with Crippen molar-refractivity contribution in [1.29, 1.82) is 0 Å². The fraction of sp³-hybridized carbons (Fsp3) is 0.508. The van der Waals surface area contributed by atoms with E-state index in [1.807, 2.05) is 57.2 Å². The van der Waals surface area contributed by atoms with E-state index in [-0.39, 0.29) is 30.0 Å². The largest absolute Gasteiger partial charge is 0.508 e. The van der Waals surface area contributed by atoms with Crippen molar-refractivity contribution in [2.45, 2.75) is 150 Å². The van der Waals surface area contributed by atoms with E-state index in [4.69, 9.17) is 4.74 Å². The molecule has 13 N–H and O–H groups in total. The zero-order valence-corrected chi connectivity index (χ0v) is 51.4. The fourth-order valence-corrected chi connectivity index (χ4v) is 11.7. The highest BCUT2D eigenvalue weighted by atomic mass is 32.2. The maximum atomic E-state index is 14.8. The molecule has 88 heavy (non-hydrogen) atoms. The van der Waals surface area contributed by atoms with Crippen molar-refractivity contribution >= 4 is 53.1 Å². The van der Waals surface area contributed by atoms with Crippen LogP contribution in [0.1, 0.15) is 81.8 Å². The highest BCUT2D eigenvalue weighted by Gasteiger charge is 2.50. The summed E-state index contributed by atoms with van der Waals surface area (Å²) in [5.41, 5.74) is 3.64. The minimum absolute atomic E-state index is 0.0568. The minimum atomic E-state index is -2.28. The van der Waals surface area contributed by atoms with Gasteiger partial charge in [-0.05, 0) is 90.2 Å². The lowest BCUT2D eigenvalue weighted by molar-refractivity contribution is -0.870. The number of thioether (sulfide) groups is 1. The van der Waals surface area contributed by atoms with Crippen LogP contribution in [0.4, 0.5) is 0 Å². The molecule has 3 aliphatic heterocycles. The standard InChI is InChI=1S/C63H84N8O16S/c1-8-9-10-29-88-45-25-21-40(22-26-45)38-13-11-37(12-14-38)39-15-17-42(18-16-39)56(80)64-46-31-48(76)61(87-28-27-71(5,6)7)68-60(84)52-53(77)34(2)32-70(52)63(86)50(36(4)73)66-59(83)51(55(79)54(78)41-19-23-43(74)24-20-41)67-58(82)47-30-44(75)33-69(47)62(85)49(35(3)72)65-57(46)81/h11-26,34-36,44,46-55,61,72-73,75-79H,8-10,27-33H2,1-7H3,(H5-,64,65,66,67,68,74,80,81,82,83,84)/p+1/t34-,35+,36+,44+,46-,47-,48+,49-,50-,51-,52-,53-,54-,55-,61+/m0/s1. The number of aromatic hydroxyl groups is 1. The summed E-state index contributed by atoms with van der Waals surface area (Å²) in [5, 5.41) is 103. The van der Waals surface area contributed by atoms with Gasteiger partial charge in [0.15, 0.2) is 6.23 Å². The van der Waals surface area contributed by atoms with E-state index >= 15 is 0 Å². The van der Waals surface area contributed by atoms with Gasteiger partial charge < -0.3 is 86.5 Å². The average Bonchev–Trinajstić information content (AvgIpc) is 2.08. The van der Waals surface area contributed by atoms with Crippen molar-refractivity contribution in [3.8, 4) is 28.0 Å². The third-order valence-electron chi connectivity index (χ3n) is 16.1. The molecule has 0 unspecified atom stereocenters. The summed E-state index contributed by atoms with van der Waals surface area (Å²) in [6, 6.07) is 16.1. The van der Waals surface area contributed by atoms with Crippen molar-refractivity contribution in [3.05, 3.63) is 108 Å². The highest BCUT2D eigenvalue weighted by molar-refractivity contribution is 7.99. The molecule has 0 radical (unpaired) electrons. The molecule has 7 rings (SSSR count). The Morgan fingerprint density at radius 3 is 1.76 bits per heavy atom. The van der Waals surface area contributed by atoms with Crippen molar-refractivity contribution in [2.75, 3.05) is 53.1 Å². The van der Waals surface area contributed by atoms with Crippen LogP contribution in [0.2, 0.25) is 0 Å². The summed E-state index contributed by atoms with van der Waals surface area (Å²) in [4.78, 5) is 105. The van der Waals surface area contributed by atoms with Gasteiger partial charge in [0.1, 0.15) is 66.9 Å². The van der Waals surface area contributed by atoms with Gasteiger partial charge >= 0.3 is 0 Å². The number of amides is 7. The molecule has 15 atom stereocenters. The summed E-state index contributed by atoms with van der Waals surface area (Å²) in [5.74, 6) is -7.93. The molecule has 7 amide bonds. The highest BCUT2D eigenvalue weighted by Crippen LogP contribution is 2.31. The molecule has 0 spiro atoms. The van der Waals surface area contributed by atoms with Gasteiger partial charge in [-0.25, -0.2) is 0 Å². The predicted octanol–water partition coefficient (Wildman–Crippen LogP) is 0.517. The lowest BCUT2D eigenvalue weighted by Gasteiger charge is -2.34. The van der Waals surface area contributed by atoms with Crippen LogP contribution in [-0.4, -0.2) is 229 Å². The molecule has 3 heterocycles. The number of carbonyl (C=O) groups is 7. The number of hydrogen-bond acceptors (Lipinski definition) is 17. The fourth-order valence-electron chi connectivity index (χ4n) is 10.8. The molecule has 478 valence electrons. The molecule has 3 fully saturated rings. The monoisotopic (exact) mass is 1240 g/mol. The number of aliphatic hydroxyl groups is 7. The molecule has 0 saturated carbocycles. The molecular formula is C63H85N8O16S+. The number of unbranched alkanes of at least 4 members (excludes halogenated alkanes) is 2. The van der Waals surface area contributed by atoms with Gasteiger partial charge in [0.2, 0.25) is 35.4 Å². The number of phenols is 1. The van der Waals surface area contributed by atoms with Gasteiger partial charge in [-0.3, -0.25) is 33.6 Å². The van der Waals surface area contributed by atoms with Crippen LogP contribution in [-0.2, 0) is 33.5 Å². The van der Waals surface area contributed by atoms with Crippen LogP contribution >= 0.6 is 11.8 Å². The topological polar surface area (TPSA) is 357 Å². The number of phenolic OH excluding ortho intramolecular Hbond substituents is 1. The summed E-state index contributed by atoms with van der Waals surface area (Å²) in [7, 11) is 5.53. The van der Waals surface area contributed by atoms with Crippen LogP contribution < -0.4 is 26.6 Å². The second-order valence-corrected chi connectivity index (χ2v) is 25.3. The van der Waals surface area contributed by atoms with Gasteiger partial charge in [0, 0.05) is 42.3 Å². The number of benzene rings is 4. The van der Waals surface area contributed by atoms with Crippen molar-refractivity contribution < 1.29 is 83.6 Å². The SMILES string of the molecule is CCCCCSc1ccc(-c2ccc(-c3ccc(C(=O)N[C@H]4C[C@@H](O)[C@@H](OCC[N+](C)(C)C)NC(=O)[C@@H]5[C@@H](O)[C@@H](C)CN5C(=O)[C@H]([C@@H](C)O)NC(=O)[C@H]([C@H](O)[C@@H](O)c5ccc(O)cc5)NC(=O)[C@@H]5C[C@@H](O)CN5C(=O)[C@H]([C@@H](C)O)NC4=O)cc3)cc2)cc1. The Labute approximate surface area is 516 Å². The molecule has 0 aromatic heterocycles. The van der Waals surface area contributed by atoms with E-state index in [0.717, 1.165) is 58.1 Å². The Kier molecular flexibility index (Phi) is 23.7. The zero-order valence-electron chi connectivity index (χ0n) is 50.6. The van der Waals surface area contributed by atoms with Crippen molar-refractivity contribution in [3.63, 3.8) is 0 Å². The third kappa shape index (κ3) is 17.4. The van der Waals surface area contributed by atoms with Crippen LogP contribution in [0.3, 0.4) is 0 Å². The Balaban J connectivity index is 1.23. The lowest BCUT2D eigenvalue weighted by atomic mass is 9.96. The second kappa shape index (κ2) is 30.4. The summed E-state index contributed by atoms with van der Waals surface area (Å²) in [6.07, 6.45) is -12.2. The molecule has 3 aliphatic rings. The van der Waals surface area contributed by atoms with Crippen molar-refractivity contribution in [2.24, 2.45) is 5.92 Å². The van der Waals surface area contributed by atoms with Crippen LogP contribution in [0.5, 0.6) is 5.75 Å². The van der Waals surface area contributed by atoms with Gasteiger partial charge in [-0.1, -0.05) is 87.4 Å². The normalized spacial score (nSPS) is 26.7. The number of ether oxygens (including phenoxy) is 1. The number of rotatable bonds is 18. The smallest absolute Gasteiger partial charge is 0.251 e. The minimum Gasteiger partial charge on any atom is -0.508 e. The maximum Gasteiger partial charge on any atom is 0.251 e. The first-order valence-corrected chi connectivity index (χ1v) is 30.7. The third-order valence-corrected chi connectivity index (χ3v) is 17.2. The van der Waals surface area contributed by atoms with Crippen LogP contribution in [0, 0.1) is 5.92 Å². The van der Waals surface area contributed by atoms with Crippen molar-refractivity contribution in [1.82, 2.24) is 36.4 Å². The average molecular weight is 1240 g/mol. The van der Waals surface area contributed by atoms with Gasteiger partial charge in [0.05, 0.1) is 52.2 Å². The Hall–Kier alpha value is -7.04. The van der Waals surface area contributed by atoms with Gasteiger partial charge in [0.25, 0.3) is 5.91 Å². The quantitative estimate of drug-likeness (QED) is 0.0367. The number of quaternary nitrogens is 1. The first kappa shape index (κ1) is 68.5. The molecule has 0 aliphatic carbocycles. The molecule has 0 bridgehead atoms. The number of aliphatic hydroxyl groups excluding tert-OH is 7. The Bertz CT molecular complexity index is 3040. The van der Waals surface area contributed by atoms with E-state index in [1.54, 1.807) is 12.1 Å². The van der Waals surface area contributed by atoms with E-state index < -0.39 is 152 Å². The van der Waals surface area contributed by atoms with E-state index in [1.165, 1.54) is 61.1 Å². The molecule has 4 aromatic carbocycles. The summed E-state index contributed by atoms with van der Waals surface area (Å²) in [6.45, 7) is 5.22. The Morgan fingerprint density at radius 1 is 0.670 bits per heavy atom. The summed E-state index contributed by atoms with van der Waals surface area (Å²) >= 11 is 1.83. The number of likely N-dealkylation sites (N-methyl/N-ethyl adjacent to an activating group) is 1. The molecule has 3 saturated heterocycles. The van der Waals surface area contributed by atoms with Crippen LogP contribution in [0.25, 0.3) is 22.3 Å².